The maximum Gasteiger partial charge on any atom is 0.310 e. The van der Waals surface area contributed by atoms with Gasteiger partial charge in [-0.15, -0.1) is 0 Å². The summed E-state index contributed by atoms with van der Waals surface area (Å²) in [5.74, 6) is -0.753. The molecule has 1 amide bonds. The number of methoxy groups -OCH3 is 1. The summed E-state index contributed by atoms with van der Waals surface area (Å²) >= 11 is 0. The molecule has 0 radical (unpaired) electrons. The molecule has 5 nitrogen and oxygen atoms in total. The highest BCUT2D eigenvalue weighted by Crippen LogP contribution is 2.20. The van der Waals surface area contributed by atoms with Crippen LogP contribution in [0.25, 0.3) is 0 Å². The molecule has 1 unspecified atom stereocenters. The number of rotatable bonds is 8. The highest BCUT2D eigenvalue weighted by molar-refractivity contribution is 5.79. The molecule has 1 atom stereocenters. The second-order valence-electron chi connectivity index (χ2n) is 6.76. The van der Waals surface area contributed by atoms with Gasteiger partial charge in [-0.2, -0.15) is 0 Å². The van der Waals surface area contributed by atoms with Crippen LogP contribution in [0.2, 0.25) is 0 Å². The van der Waals surface area contributed by atoms with Gasteiger partial charge in [-0.3, -0.25) is 9.59 Å². The Labute approximate surface area is 150 Å². The number of benzene rings is 1. The number of hydrogen-bond acceptors (Lipinski definition) is 4. The van der Waals surface area contributed by atoms with E-state index in [9.17, 15) is 9.59 Å². The third kappa shape index (κ3) is 6.50. The predicted molar refractivity (Wildman–Crippen MR) is 95.9 cm³/mol. The van der Waals surface area contributed by atoms with Crippen molar-refractivity contribution in [1.82, 2.24) is 4.90 Å². The van der Waals surface area contributed by atoms with Crippen molar-refractivity contribution in [2.24, 2.45) is 5.92 Å². The highest BCUT2D eigenvalue weighted by Gasteiger charge is 2.23. The lowest BCUT2D eigenvalue weighted by atomic mass is 9.98. The van der Waals surface area contributed by atoms with Gasteiger partial charge in [0, 0.05) is 13.1 Å². The van der Waals surface area contributed by atoms with E-state index in [1.165, 1.54) is 26.4 Å². The van der Waals surface area contributed by atoms with Gasteiger partial charge in [-0.1, -0.05) is 56.5 Å². The number of nitrogens with zero attached hydrogens (tertiary/aromatic N) is 1. The minimum Gasteiger partial charge on any atom is -0.469 e. The second kappa shape index (κ2) is 10.2. The maximum absolute atomic E-state index is 12.7. The van der Waals surface area contributed by atoms with Crippen molar-refractivity contribution in [3.05, 3.63) is 35.9 Å². The van der Waals surface area contributed by atoms with E-state index in [2.05, 4.69) is 0 Å². The normalized spacial score (nSPS) is 16.2. The largest absolute Gasteiger partial charge is 0.469 e. The monoisotopic (exact) mass is 347 g/mol. The average Bonchev–Trinajstić information content (AvgIpc) is 2.66. The van der Waals surface area contributed by atoms with Crippen molar-refractivity contribution in [1.29, 1.82) is 0 Å². The molecular formula is C20H29NO4. The van der Waals surface area contributed by atoms with Gasteiger partial charge in [-0.25, -0.2) is 0 Å². The molecule has 1 aromatic carbocycles. The molecule has 0 saturated heterocycles. The third-order valence-electron chi connectivity index (χ3n) is 4.66. The first kappa shape index (κ1) is 19.4. The van der Waals surface area contributed by atoms with Crippen molar-refractivity contribution >= 4 is 11.9 Å². The molecular weight excluding hydrogens is 318 g/mol. The number of carbonyl (C=O) groups excluding carboxylic acids is 2. The fraction of sp³-hybridized carbons (Fsp3) is 0.600. The Balaban J connectivity index is 1.96. The van der Waals surface area contributed by atoms with Gasteiger partial charge in [0.15, 0.2) is 0 Å². The average molecular weight is 347 g/mol. The molecule has 0 aromatic heterocycles. The minimum absolute atomic E-state index is 0.0748. The Bertz CT molecular complexity index is 540. The van der Waals surface area contributed by atoms with E-state index in [0.717, 1.165) is 18.4 Å². The van der Waals surface area contributed by atoms with Crippen LogP contribution >= 0.6 is 0 Å². The summed E-state index contributed by atoms with van der Waals surface area (Å²) in [5, 5.41) is 0. The number of amides is 1. The lowest BCUT2D eigenvalue weighted by molar-refractivity contribution is -0.148. The molecule has 1 fully saturated rings. The standard InChI is InChI=1S/C20H29NO4/c1-16(20(23)24-2)13-21(14-17-9-5-3-6-10-17)19(22)15-25-18-11-7-4-8-12-18/h3,5-6,9-10,16,18H,4,7-8,11-15H2,1-2H3. The van der Waals surface area contributed by atoms with Crippen LogP contribution in [0.15, 0.2) is 30.3 Å². The zero-order chi connectivity index (χ0) is 18.1. The molecule has 0 spiro atoms. The molecule has 0 aliphatic heterocycles. The van der Waals surface area contributed by atoms with Crippen LogP contribution in [0.3, 0.4) is 0 Å². The zero-order valence-corrected chi connectivity index (χ0v) is 15.3. The van der Waals surface area contributed by atoms with E-state index in [1.807, 2.05) is 30.3 Å². The summed E-state index contributed by atoms with van der Waals surface area (Å²) in [6, 6.07) is 9.79. The van der Waals surface area contributed by atoms with Gasteiger partial charge >= 0.3 is 5.97 Å². The van der Waals surface area contributed by atoms with E-state index in [0.29, 0.717) is 13.1 Å². The van der Waals surface area contributed by atoms with E-state index in [1.54, 1.807) is 11.8 Å². The van der Waals surface area contributed by atoms with Gasteiger partial charge in [0.2, 0.25) is 5.91 Å². The molecule has 0 bridgehead atoms. The van der Waals surface area contributed by atoms with E-state index < -0.39 is 0 Å². The van der Waals surface area contributed by atoms with Gasteiger partial charge in [0.1, 0.15) is 6.61 Å². The summed E-state index contributed by atoms with van der Waals surface area (Å²) in [4.78, 5) is 26.1. The van der Waals surface area contributed by atoms with Crippen LogP contribution < -0.4 is 0 Å². The van der Waals surface area contributed by atoms with Gasteiger partial charge in [0.05, 0.1) is 19.1 Å². The van der Waals surface area contributed by atoms with Crippen molar-refractivity contribution < 1.29 is 19.1 Å². The summed E-state index contributed by atoms with van der Waals surface area (Å²) in [7, 11) is 1.37. The maximum atomic E-state index is 12.7. The van der Waals surface area contributed by atoms with Crippen molar-refractivity contribution in [3.8, 4) is 0 Å². The Kier molecular flexibility index (Phi) is 7.92. The fourth-order valence-corrected chi connectivity index (χ4v) is 3.18. The quantitative estimate of drug-likeness (QED) is 0.678. The number of hydrogen-bond donors (Lipinski definition) is 0. The Hall–Kier alpha value is -1.88. The Morgan fingerprint density at radius 2 is 1.84 bits per heavy atom. The number of esters is 1. The number of carbonyl (C=O) groups is 2. The van der Waals surface area contributed by atoms with E-state index in [4.69, 9.17) is 9.47 Å². The molecule has 138 valence electrons. The van der Waals surface area contributed by atoms with Gasteiger partial charge in [-0.05, 0) is 18.4 Å². The smallest absolute Gasteiger partial charge is 0.310 e. The molecule has 1 aliphatic rings. The Morgan fingerprint density at radius 1 is 1.16 bits per heavy atom. The van der Waals surface area contributed by atoms with Crippen LogP contribution in [0.1, 0.15) is 44.6 Å². The van der Waals surface area contributed by atoms with E-state index >= 15 is 0 Å². The first-order chi connectivity index (χ1) is 12.1. The molecule has 2 rings (SSSR count). The van der Waals surface area contributed by atoms with E-state index in [-0.39, 0.29) is 30.5 Å². The molecule has 0 N–H and O–H groups in total. The lowest BCUT2D eigenvalue weighted by Crippen LogP contribution is -2.39. The molecule has 1 saturated carbocycles. The summed E-state index contributed by atoms with van der Waals surface area (Å²) in [6.07, 6.45) is 5.85. The summed E-state index contributed by atoms with van der Waals surface area (Å²) < 4.78 is 10.6. The van der Waals surface area contributed by atoms with Crippen LogP contribution in [0.4, 0.5) is 0 Å². The van der Waals surface area contributed by atoms with Crippen LogP contribution in [-0.4, -0.2) is 43.1 Å². The van der Waals surface area contributed by atoms with Crippen molar-refractivity contribution in [2.45, 2.75) is 51.7 Å². The van der Waals surface area contributed by atoms with Crippen LogP contribution in [0, 0.1) is 5.92 Å². The molecule has 0 heterocycles. The van der Waals surface area contributed by atoms with Crippen molar-refractivity contribution in [2.75, 3.05) is 20.3 Å². The molecule has 25 heavy (non-hydrogen) atoms. The summed E-state index contributed by atoms with van der Waals surface area (Å²) in [5.41, 5.74) is 1.03. The molecule has 1 aliphatic carbocycles. The highest BCUT2D eigenvalue weighted by atomic mass is 16.5. The first-order valence-corrected chi connectivity index (χ1v) is 9.11. The summed E-state index contributed by atoms with van der Waals surface area (Å²) in [6.45, 7) is 2.65. The minimum atomic E-state index is -0.368. The lowest BCUT2D eigenvalue weighted by Gasteiger charge is -2.27. The predicted octanol–water partition coefficient (Wildman–Crippen LogP) is 3.17. The zero-order valence-electron chi connectivity index (χ0n) is 15.3. The van der Waals surface area contributed by atoms with Gasteiger partial charge < -0.3 is 14.4 Å². The van der Waals surface area contributed by atoms with Crippen LogP contribution in [0.5, 0.6) is 0 Å². The molecule has 5 heteroatoms. The topological polar surface area (TPSA) is 55.8 Å². The van der Waals surface area contributed by atoms with Crippen LogP contribution in [-0.2, 0) is 25.6 Å². The third-order valence-corrected chi connectivity index (χ3v) is 4.66. The number of ether oxygens (including phenoxy) is 2. The first-order valence-electron chi connectivity index (χ1n) is 9.11. The van der Waals surface area contributed by atoms with Gasteiger partial charge in [0.25, 0.3) is 0 Å². The van der Waals surface area contributed by atoms with Crippen molar-refractivity contribution in [3.63, 3.8) is 0 Å². The second-order valence-corrected chi connectivity index (χ2v) is 6.76. The Morgan fingerprint density at radius 3 is 2.48 bits per heavy atom. The SMILES string of the molecule is COC(=O)C(C)CN(Cc1ccccc1)C(=O)COC1CCCCC1. The molecule has 1 aromatic rings. The fourth-order valence-electron chi connectivity index (χ4n) is 3.18.